The number of nitrogens with one attached hydrogen (secondary N) is 1. The molecule has 2 aliphatic rings. The van der Waals surface area contributed by atoms with Gasteiger partial charge in [0.05, 0.1) is 18.0 Å². The van der Waals surface area contributed by atoms with Crippen LogP contribution in [0.15, 0.2) is 72.8 Å². The molecule has 3 aromatic carbocycles. The smallest absolute Gasteiger partial charge is 0.263 e. The number of benzene rings is 3. The third-order valence-electron chi connectivity index (χ3n) is 5.46. The lowest BCUT2D eigenvalue weighted by molar-refractivity contribution is -0.127. The number of carbonyl (C=O) groups excluding carboxylic acids is 1. The Morgan fingerprint density at radius 3 is 2.52 bits per heavy atom. The van der Waals surface area contributed by atoms with Crippen molar-refractivity contribution >= 4 is 21.6 Å². The molecule has 8 nitrogen and oxygen atoms in total. The molecule has 2 aliphatic heterocycles. The van der Waals surface area contributed by atoms with Gasteiger partial charge in [-0.15, -0.1) is 0 Å². The Morgan fingerprint density at radius 1 is 0.909 bits per heavy atom. The molecule has 5 rings (SSSR count). The first-order chi connectivity index (χ1) is 16.0. The summed E-state index contributed by atoms with van der Waals surface area (Å²) in [6.45, 7) is 0.306. The number of hydrogen-bond donors (Lipinski definition) is 1. The van der Waals surface area contributed by atoms with Crippen LogP contribution in [-0.2, 0) is 27.1 Å². The zero-order valence-electron chi connectivity index (χ0n) is 17.6. The fraction of sp³-hybridized carbons (Fsp3) is 0.208. The van der Waals surface area contributed by atoms with E-state index in [0.717, 1.165) is 5.56 Å². The van der Waals surface area contributed by atoms with E-state index in [1.165, 1.54) is 4.31 Å². The van der Waals surface area contributed by atoms with Crippen molar-refractivity contribution in [1.82, 2.24) is 5.32 Å². The fourth-order valence-electron chi connectivity index (χ4n) is 3.82. The second kappa shape index (κ2) is 8.67. The number of ether oxygens (including phenoxy) is 3. The summed E-state index contributed by atoms with van der Waals surface area (Å²) in [4.78, 5) is 12.9. The van der Waals surface area contributed by atoms with E-state index in [-0.39, 0.29) is 25.6 Å². The van der Waals surface area contributed by atoms with Crippen LogP contribution in [0.3, 0.4) is 0 Å². The molecule has 2 heterocycles. The molecule has 0 spiro atoms. The molecular weight excluding hydrogens is 444 g/mol. The topological polar surface area (TPSA) is 94.2 Å². The van der Waals surface area contributed by atoms with E-state index < -0.39 is 22.0 Å². The SMILES string of the molecule is O=C(NCc1ccc2c(c1)OCO2)[C@@H]1CN(S(=O)(=O)Cc2ccccc2)c2ccccc2O1. The summed E-state index contributed by atoms with van der Waals surface area (Å²) in [6, 6.07) is 21.2. The first kappa shape index (κ1) is 21.1. The molecule has 1 amide bonds. The van der Waals surface area contributed by atoms with E-state index in [9.17, 15) is 13.2 Å². The Labute approximate surface area is 191 Å². The lowest BCUT2D eigenvalue weighted by atomic mass is 10.2. The Balaban J connectivity index is 1.33. The van der Waals surface area contributed by atoms with E-state index in [2.05, 4.69) is 5.32 Å². The third-order valence-corrected chi connectivity index (χ3v) is 7.17. The molecule has 0 fully saturated rings. The number of nitrogens with zero attached hydrogens (tertiary/aromatic N) is 1. The molecule has 0 radical (unpaired) electrons. The van der Waals surface area contributed by atoms with Crippen LogP contribution < -0.4 is 23.8 Å². The number of amides is 1. The second-order valence-electron chi connectivity index (χ2n) is 7.75. The molecule has 170 valence electrons. The van der Waals surface area contributed by atoms with Gasteiger partial charge in [0.2, 0.25) is 16.8 Å². The first-order valence-electron chi connectivity index (χ1n) is 10.5. The normalized spacial score (nSPS) is 16.6. The molecule has 9 heteroatoms. The van der Waals surface area contributed by atoms with Crippen molar-refractivity contribution in [1.29, 1.82) is 0 Å². The summed E-state index contributed by atoms with van der Waals surface area (Å²) in [5, 5.41) is 2.83. The average molecular weight is 467 g/mol. The Kier molecular flexibility index (Phi) is 5.55. The molecule has 0 bridgehead atoms. The van der Waals surface area contributed by atoms with E-state index in [4.69, 9.17) is 14.2 Å². The minimum atomic E-state index is -3.75. The van der Waals surface area contributed by atoms with Crippen molar-refractivity contribution in [2.45, 2.75) is 18.4 Å². The Morgan fingerprint density at radius 2 is 1.67 bits per heavy atom. The van der Waals surface area contributed by atoms with Crippen molar-refractivity contribution in [2.24, 2.45) is 0 Å². The molecular formula is C24H22N2O6S. The van der Waals surface area contributed by atoms with E-state index in [0.29, 0.717) is 28.5 Å². The molecule has 3 aromatic rings. The van der Waals surface area contributed by atoms with Gasteiger partial charge in [0.25, 0.3) is 5.91 Å². The fourth-order valence-corrected chi connectivity index (χ4v) is 5.40. The van der Waals surface area contributed by atoms with Gasteiger partial charge in [-0.05, 0) is 35.4 Å². The highest BCUT2D eigenvalue weighted by Gasteiger charge is 2.36. The summed E-state index contributed by atoms with van der Waals surface area (Å²) in [5.74, 6) is 1.07. The van der Waals surface area contributed by atoms with Gasteiger partial charge in [-0.1, -0.05) is 48.5 Å². The van der Waals surface area contributed by atoms with Crippen LogP contribution >= 0.6 is 0 Å². The Bertz CT molecular complexity index is 1280. The van der Waals surface area contributed by atoms with Crippen molar-refractivity contribution in [3.05, 3.63) is 83.9 Å². The van der Waals surface area contributed by atoms with E-state index in [1.807, 2.05) is 12.1 Å². The number of fused-ring (bicyclic) bond motifs is 2. The predicted octanol–water partition coefficient (Wildman–Crippen LogP) is 2.83. The largest absolute Gasteiger partial charge is 0.476 e. The van der Waals surface area contributed by atoms with Crippen LogP contribution in [0, 0.1) is 0 Å². The van der Waals surface area contributed by atoms with Crippen molar-refractivity contribution in [3.8, 4) is 17.2 Å². The summed E-state index contributed by atoms with van der Waals surface area (Å²) < 4.78 is 44.4. The molecule has 0 saturated heterocycles. The minimum absolute atomic E-state index is 0.112. The monoisotopic (exact) mass is 466 g/mol. The number of hydrogen-bond acceptors (Lipinski definition) is 6. The van der Waals surface area contributed by atoms with Crippen LogP contribution in [0.1, 0.15) is 11.1 Å². The quantitative estimate of drug-likeness (QED) is 0.601. The predicted molar refractivity (Wildman–Crippen MR) is 122 cm³/mol. The van der Waals surface area contributed by atoms with Gasteiger partial charge in [0.15, 0.2) is 17.6 Å². The van der Waals surface area contributed by atoms with Gasteiger partial charge >= 0.3 is 0 Å². The zero-order valence-corrected chi connectivity index (χ0v) is 18.5. The maximum atomic E-state index is 13.3. The van der Waals surface area contributed by atoms with Crippen LogP contribution in [0.25, 0.3) is 0 Å². The standard InChI is InChI=1S/C24H22N2O6S/c27-24(25-13-18-10-11-21-22(12-18)31-16-30-21)23-14-26(19-8-4-5-9-20(19)32-23)33(28,29)15-17-6-2-1-3-7-17/h1-12,23H,13-16H2,(H,25,27)/t23-/m0/s1. The van der Waals surface area contributed by atoms with Crippen molar-refractivity contribution in [3.63, 3.8) is 0 Å². The van der Waals surface area contributed by atoms with E-state index in [1.54, 1.807) is 60.7 Å². The average Bonchev–Trinajstić information content (AvgIpc) is 3.30. The van der Waals surface area contributed by atoms with Gasteiger partial charge in [0, 0.05) is 6.54 Å². The highest BCUT2D eigenvalue weighted by atomic mass is 32.2. The van der Waals surface area contributed by atoms with Crippen LogP contribution in [0.2, 0.25) is 0 Å². The highest BCUT2D eigenvalue weighted by molar-refractivity contribution is 7.92. The second-order valence-corrected chi connectivity index (χ2v) is 9.65. The lowest BCUT2D eigenvalue weighted by Crippen LogP contribution is -2.50. The molecule has 0 aliphatic carbocycles. The van der Waals surface area contributed by atoms with Crippen molar-refractivity contribution < 1.29 is 27.4 Å². The summed E-state index contributed by atoms with van der Waals surface area (Å²) in [7, 11) is -3.75. The van der Waals surface area contributed by atoms with Gasteiger partial charge in [-0.25, -0.2) is 8.42 Å². The van der Waals surface area contributed by atoms with Crippen LogP contribution in [0.5, 0.6) is 17.2 Å². The molecule has 0 saturated carbocycles. The van der Waals surface area contributed by atoms with E-state index >= 15 is 0 Å². The zero-order chi connectivity index (χ0) is 22.8. The highest BCUT2D eigenvalue weighted by Crippen LogP contribution is 2.36. The van der Waals surface area contributed by atoms with Gasteiger partial charge < -0.3 is 19.5 Å². The van der Waals surface area contributed by atoms with Crippen LogP contribution in [-0.4, -0.2) is 33.8 Å². The summed E-state index contributed by atoms with van der Waals surface area (Å²) in [5.41, 5.74) is 1.93. The number of carbonyl (C=O) groups is 1. The lowest BCUT2D eigenvalue weighted by Gasteiger charge is -2.34. The van der Waals surface area contributed by atoms with Gasteiger partial charge in [-0.3, -0.25) is 9.10 Å². The third kappa shape index (κ3) is 4.45. The number of para-hydroxylation sites is 2. The molecule has 0 unspecified atom stereocenters. The number of rotatable bonds is 6. The van der Waals surface area contributed by atoms with Crippen LogP contribution in [0.4, 0.5) is 5.69 Å². The first-order valence-corrected chi connectivity index (χ1v) is 12.1. The molecule has 0 aromatic heterocycles. The maximum absolute atomic E-state index is 13.3. The molecule has 33 heavy (non-hydrogen) atoms. The van der Waals surface area contributed by atoms with Gasteiger partial charge in [0.1, 0.15) is 5.75 Å². The molecule has 1 atom stereocenters. The summed E-state index contributed by atoms with van der Waals surface area (Å²) in [6.07, 6.45) is -0.987. The Hall–Kier alpha value is -3.72. The van der Waals surface area contributed by atoms with Gasteiger partial charge in [-0.2, -0.15) is 0 Å². The number of anilines is 1. The minimum Gasteiger partial charge on any atom is -0.476 e. The van der Waals surface area contributed by atoms with Crippen molar-refractivity contribution in [2.75, 3.05) is 17.6 Å². The maximum Gasteiger partial charge on any atom is 0.263 e. The summed E-state index contributed by atoms with van der Waals surface area (Å²) >= 11 is 0. The number of sulfonamides is 1. The molecule has 1 N–H and O–H groups in total.